The van der Waals surface area contributed by atoms with E-state index in [1.807, 2.05) is 17.8 Å². The maximum absolute atomic E-state index is 12.1. The smallest absolute Gasteiger partial charge is 0.387 e. The van der Waals surface area contributed by atoms with Crippen molar-refractivity contribution in [2.24, 2.45) is 7.05 Å². The van der Waals surface area contributed by atoms with Gasteiger partial charge in [0.05, 0.1) is 6.10 Å². The third-order valence-corrected chi connectivity index (χ3v) is 3.03. The van der Waals surface area contributed by atoms with E-state index in [9.17, 15) is 13.9 Å². The van der Waals surface area contributed by atoms with Gasteiger partial charge < -0.3 is 14.4 Å². The molecule has 0 saturated heterocycles. The average Bonchev–Trinajstić information content (AvgIpc) is 2.81. The van der Waals surface area contributed by atoms with Crippen molar-refractivity contribution >= 4 is 0 Å². The summed E-state index contributed by atoms with van der Waals surface area (Å²) in [5, 5.41) is 10.1. The molecule has 0 amide bonds. The highest BCUT2D eigenvalue weighted by atomic mass is 19.3. The fourth-order valence-electron chi connectivity index (χ4n) is 1.97. The van der Waals surface area contributed by atoms with Gasteiger partial charge in [-0.25, -0.2) is 4.98 Å². The lowest BCUT2D eigenvalue weighted by Gasteiger charge is -2.12. The maximum atomic E-state index is 12.1. The quantitative estimate of drug-likeness (QED) is 0.886. The molecule has 108 valence electrons. The van der Waals surface area contributed by atoms with Crippen molar-refractivity contribution in [3.05, 3.63) is 48.0 Å². The second-order valence-electron chi connectivity index (χ2n) is 4.46. The van der Waals surface area contributed by atoms with Crippen LogP contribution in [-0.4, -0.2) is 21.3 Å². The molecule has 1 unspecified atom stereocenters. The largest absolute Gasteiger partial charge is 0.435 e. The second-order valence-corrected chi connectivity index (χ2v) is 4.46. The first-order chi connectivity index (χ1) is 9.56. The Kier molecular flexibility index (Phi) is 4.68. The predicted octanol–water partition coefficient (Wildman–Crippen LogP) is 2.69. The van der Waals surface area contributed by atoms with Gasteiger partial charge in [0, 0.05) is 25.9 Å². The third-order valence-electron chi connectivity index (χ3n) is 3.03. The fraction of sp³-hybridized carbons (Fsp3) is 0.357. The number of hydrogen-bond acceptors (Lipinski definition) is 3. The Morgan fingerprint density at radius 1 is 1.40 bits per heavy atom. The van der Waals surface area contributed by atoms with Crippen LogP contribution in [0.2, 0.25) is 0 Å². The third kappa shape index (κ3) is 3.77. The van der Waals surface area contributed by atoms with Crippen molar-refractivity contribution in [2.75, 3.05) is 0 Å². The second kappa shape index (κ2) is 6.47. The Bertz CT molecular complexity index is 558. The first-order valence-electron chi connectivity index (χ1n) is 6.25. The minimum Gasteiger partial charge on any atom is -0.435 e. The van der Waals surface area contributed by atoms with Crippen molar-refractivity contribution in [3.63, 3.8) is 0 Å². The number of hydrogen-bond donors (Lipinski definition) is 1. The van der Waals surface area contributed by atoms with E-state index in [4.69, 9.17) is 0 Å². The van der Waals surface area contributed by atoms with Crippen molar-refractivity contribution in [3.8, 4) is 5.75 Å². The van der Waals surface area contributed by atoms with Gasteiger partial charge in [-0.15, -0.1) is 0 Å². The zero-order valence-electron chi connectivity index (χ0n) is 11.0. The van der Waals surface area contributed by atoms with Gasteiger partial charge in [0.25, 0.3) is 0 Å². The Labute approximate surface area is 115 Å². The van der Waals surface area contributed by atoms with Gasteiger partial charge in [0.2, 0.25) is 0 Å². The summed E-state index contributed by atoms with van der Waals surface area (Å²) in [5.74, 6) is 0.914. The molecular formula is C14H16F2N2O2. The van der Waals surface area contributed by atoms with Crippen LogP contribution in [0.4, 0.5) is 8.78 Å². The van der Waals surface area contributed by atoms with E-state index in [-0.39, 0.29) is 5.75 Å². The molecule has 0 saturated carbocycles. The monoisotopic (exact) mass is 282 g/mol. The van der Waals surface area contributed by atoms with Gasteiger partial charge in [0.15, 0.2) is 0 Å². The molecule has 4 nitrogen and oxygen atoms in total. The minimum absolute atomic E-state index is 0.0496. The van der Waals surface area contributed by atoms with Crippen LogP contribution in [0.15, 0.2) is 36.7 Å². The van der Waals surface area contributed by atoms with Crippen LogP contribution >= 0.6 is 0 Å². The van der Waals surface area contributed by atoms with Gasteiger partial charge >= 0.3 is 6.61 Å². The lowest BCUT2D eigenvalue weighted by Crippen LogP contribution is -2.05. The summed E-state index contributed by atoms with van der Waals surface area (Å²) in [6.45, 7) is -2.87. The summed E-state index contributed by atoms with van der Waals surface area (Å²) in [6, 6.07) is 6.12. The van der Waals surface area contributed by atoms with E-state index in [0.29, 0.717) is 18.4 Å². The number of benzene rings is 1. The Hall–Kier alpha value is -1.95. The summed E-state index contributed by atoms with van der Waals surface area (Å²) in [5.41, 5.74) is 0.553. The van der Waals surface area contributed by atoms with Crippen LogP contribution in [0, 0.1) is 0 Å². The Morgan fingerprint density at radius 3 is 2.85 bits per heavy atom. The standard InChI is InChI=1S/C14H16F2N2O2/c1-18-8-7-17-13(18)6-5-12(19)10-3-2-4-11(9-10)20-14(15)16/h2-4,7-9,12,14,19H,5-6H2,1H3. The number of imidazole rings is 1. The number of aliphatic hydroxyl groups excluding tert-OH is 1. The van der Waals surface area contributed by atoms with Crippen LogP contribution in [0.25, 0.3) is 0 Å². The highest BCUT2D eigenvalue weighted by Gasteiger charge is 2.12. The number of alkyl halides is 2. The first kappa shape index (κ1) is 14.5. The number of nitrogens with zero attached hydrogens (tertiary/aromatic N) is 2. The molecule has 0 spiro atoms. The summed E-state index contributed by atoms with van der Waals surface area (Å²) in [6.07, 6.45) is 3.85. The highest BCUT2D eigenvalue weighted by molar-refractivity contribution is 5.30. The Balaban J connectivity index is 1.98. The van der Waals surface area contributed by atoms with E-state index >= 15 is 0 Å². The van der Waals surface area contributed by atoms with Crippen LogP contribution in [0.3, 0.4) is 0 Å². The van der Waals surface area contributed by atoms with Gasteiger partial charge in [0.1, 0.15) is 11.6 Å². The van der Waals surface area contributed by atoms with Gasteiger partial charge in [-0.1, -0.05) is 12.1 Å². The maximum Gasteiger partial charge on any atom is 0.387 e. The molecule has 1 aromatic heterocycles. The summed E-state index contributed by atoms with van der Waals surface area (Å²) in [7, 11) is 1.88. The Morgan fingerprint density at radius 2 is 2.20 bits per heavy atom. The molecule has 6 heteroatoms. The molecule has 1 heterocycles. The molecule has 0 radical (unpaired) electrons. The molecule has 0 bridgehead atoms. The summed E-state index contributed by atoms with van der Waals surface area (Å²) >= 11 is 0. The first-order valence-corrected chi connectivity index (χ1v) is 6.25. The highest BCUT2D eigenvalue weighted by Crippen LogP contribution is 2.23. The van der Waals surface area contributed by atoms with E-state index in [1.54, 1.807) is 18.3 Å². The molecule has 20 heavy (non-hydrogen) atoms. The molecule has 1 N–H and O–H groups in total. The number of halogens is 2. The zero-order valence-corrected chi connectivity index (χ0v) is 11.0. The molecule has 0 fully saturated rings. The van der Waals surface area contributed by atoms with Crippen LogP contribution in [-0.2, 0) is 13.5 Å². The molecule has 2 rings (SSSR count). The molecule has 0 aliphatic rings. The normalized spacial score (nSPS) is 12.7. The number of aliphatic hydroxyl groups is 1. The topological polar surface area (TPSA) is 47.3 Å². The van der Waals surface area contributed by atoms with Crippen molar-refractivity contribution in [1.82, 2.24) is 9.55 Å². The SMILES string of the molecule is Cn1ccnc1CCC(O)c1cccc(OC(F)F)c1. The van der Waals surface area contributed by atoms with Crippen LogP contribution in [0.5, 0.6) is 5.75 Å². The number of aromatic nitrogens is 2. The lowest BCUT2D eigenvalue weighted by molar-refractivity contribution is -0.0499. The molecule has 1 aromatic carbocycles. The van der Waals surface area contributed by atoms with Crippen molar-refractivity contribution in [1.29, 1.82) is 0 Å². The minimum atomic E-state index is -2.87. The zero-order chi connectivity index (χ0) is 14.5. The van der Waals surface area contributed by atoms with Gasteiger partial charge in [-0.3, -0.25) is 0 Å². The summed E-state index contributed by atoms with van der Waals surface area (Å²) in [4.78, 5) is 4.17. The number of aryl methyl sites for hydroxylation is 2. The van der Waals surface area contributed by atoms with Crippen molar-refractivity contribution in [2.45, 2.75) is 25.6 Å². The van der Waals surface area contributed by atoms with Gasteiger partial charge in [-0.05, 0) is 24.1 Å². The van der Waals surface area contributed by atoms with E-state index in [0.717, 1.165) is 5.82 Å². The van der Waals surface area contributed by atoms with E-state index < -0.39 is 12.7 Å². The van der Waals surface area contributed by atoms with E-state index in [1.165, 1.54) is 12.1 Å². The van der Waals surface area contributed by atoms with Crippen LogP contribution < -0.4 is 4.74 Å². The van der Waals surface area contributed by atoms with E-state index in [2.05, 4.69) is 9.72 Å². The molecule has 1 atom stereocenters. The average molecular weight is 282 g/mol. The number of rotatable bonds is 6. The molecular weight excluding hydrogens is 266 g/mol. The molecule has 0 aliphatic heterocycles. The van der Waals surface area contributed by atoms with Gasteiger partial charge in [-0.2, -0.15) is 8.78 Å². The predicted molar refractivity (Wildman–Crippen MR) is 69.6 cm³/mol. The molecule has 2 aromatic rings. The summed E-state index contributed by atoms with van der Waals surface area (Å²) < 4.78 is 30.5. The van der Waals surface area contributed by atoms with Crippen LogP contribution in [0.1, 0.15) is 23.9 Å². The lowest BCUT2D eigenvalue weighted by atomic mass is 10.0. The van der Waals surface area contributed by atoms with Crippen molar-refractivity contribution < 1.29 is 18.6 Å². The number of ether oxygens (including phenoxy) is 1. The molecule has 0 aliphatic carbocycles. The fourth-order valence-corrected chi connectivity index (χ4v) is 1.97.